The summed E-state index contributed by atoms with van der Waals surface area (Å²) in [4.78, 5) is 25.4. The van der Waals surface area contributed by atoms with Crippen molar-refractivity contribution in [3.8, 4) is 0 Å². The lowest BCUT2D eigenvalue weighted by atomic mass is 10.0. The number of hydrogen-bond acceptors (Lipinski definition) is 6. The van der Waals surface area contributed by atoms with Gasteiger partial charge in [0.25, 0.3) is 7.82 Å². The number of nitrogens with one attached hydrogen (secondary N) is 1. The minimum absolute atomic E-state index is 0.0111. The number of carbonyl (C=O) groups is 1. The van der Waals surface area contributed by atoms with Crippen LogP contribution in [0, 0.1) is 0 Å². The molecule has 0 aliphatic heterocycles. The first-order chi connectivity index (χ1) is 30.0. The van der Waals surface area contributed by atoms with Crippen molar-refractivity contribution < 1.29 is 32.9 Å². The predicted molar refractivity (Wildman–Crippen MR) is 265 cm³/mol. The first-order valence-corrected chi connectivity index (χ1v) is 27.4. The van der Waals surface area contributed by atoms with E-state index in [1.54, 1.807) is 0 Å². The lowest BCUT2D eigenvalue weighted by Gasteiger charge is -2.30. The molecule has 0 aromatic heterocycles. The van der Waals surface area contributed by atoms with Gasteiger partial charge in [-0.2, -0.15) is 0 Å². The van der Waals surface area contributed by atoms with E-state index >= 15 is 0 Å². The minimum atomic E-state index is -4.57. The molecule has 0 spiro atoms. The maximum Gasteiger partial charge on any atom is 0.268 e. The highest BCUT2D eigenvalue weighted by Crippen LogP contribution is 2.38. The van der Waals surface area contributed by atoms with Crippen molar-refractivity contribution in [2.75, 3.05) is 40.9 Å². The fourth-order valence-electron chi connectivity index (χ4n) is 7.50. The molecule has 9 heteroatoms. The normalized spacial score (nSPS) is 14.5. The van der Waals surface area contributed by atoms with E-state index in [9.17, 15) is 19.4 Å². The molecule has 3 unspecified atom stereocenters. The number of phosphoric acid groups is 1. The molecule has 0 bridgehead atoms. The summed E-state index contributed by atoms with van der Waals surface area (Å²) in [5.41, 5.74) is 0. The van der Waals surface area contributed by atoms with Crippen LogP contribution < -0.4 is 10.2 Å². The molecule has 3 atom stereocenters. The Labute approximate surface area is 384 Å². The lowest BCUT2D eigenvalue weighted by Crippen LogP contribution is -2.46. The molecular weight excluding hydrogens is 792 g/mol. The molecule has 0 radical (unpaired) electrons. The third-order valence-corrected chi connectivity index (χ3v) is 12.5. The van der Waals surface area contributed by atoms with Crippen LogP contribution in [0.3, 0.4) is 0 Å². The number of aliphatic hydroxyl groups is 1. The Morgan fingerprint density at radius 3 is 1.44 bits per heavy atom. The van der Waals surface area contributed by atoms with Gasteiger partial charge in [-0.1, -0.05) is 223 Å². The number of rotatable bonds is 47. The molecular formula is C53H101N2O6P. The third kappa shape index (κ3) is 46.5. The zero-order valence-electron chi connectivity index (χ0n) is 41.3. The predicted octanol–water partition coefficient (Wildman–Crippen LogP) is 14.6. The van der Waals surface area contributed by atoms with Gasteiger partial charge in [0.15, 0.2) is 0 Å². The maximum atomic E-state index is 12.9. The highest BCUT2D eigenvalue weighted by Gasteiger charge is 2.24. The van der Waals surface area contributed by atoms with Crippen LogP contribution >= 0.6 is 7.82 Å². The standard InChI is InChI=1S/C53H101N2O6P/c1-6-8-10-12-14-16-18-20-22-23-24-25-26-27-28-29-30-31-33-35-37-39-41-43-45-47-53(57)54-51(50-61-62(58,59)60-49-48-55(3,4)5)52(56)46-44-42-40-38-36-34-32-21-19-17-15-13-11-9-7-2/h8,10,14,16,20,22,24-25,51-52,56H,6-7,9,11-13,15,17-19,21,23,26-50H2,1-5H3,(H-,54,57,58,59)/b10-8-,16-14-,22-20-,25-24-. The number of aliphatic hydroxyl groups excluding tert-OH is 1. The Balaban J connectivity index is 4.20. The van der Waals surface area contributed by atoms with E-state index in [1.165, 1.54) is 141 Å². The molecule has 1 amide bonds. The van der Waals surface area contributed by atoms with Gasteiger partial charge in [-0.25, -0.2) is 0 Å². The van der Waals surface area contributed by atoms with Crippen molar-refractivity contribution in [3.05, 3.63) is 48.6 Å². The average Bonchev–Trinajstić information content (AvgIpc) is 3.23. The van der Waals surface area contributed by atoms with Crippen molar-refractivity contribution in [2.24, 2.45) is 0 Å². The van der Waals surface area contributed by atoms with Crippen LogP contribution in [-0.4, -0.2) is 68.5 Å². The molecule has 0 saturated heterocycles. The second-order valence-electron chi connectivity index (χ2n) is 18.9. The van der Waals surface area contributed by atoms with E-state index in [4.69, 9.17) is 9.05 Å². The Morgan fingerprint density at radius 1 is 0.581 bits per heavy atom. The van der Waals surface area contributed by atoms with Crippen LogP contribution in [0.1, 0.15) is 232 Å². The quantitative estimate of drug-likeness (QED) is 0.0273. The van der Waals surface area contributed by atoms with Gasteiger partial charge in [0.05, 0.1) is 39.9 Å². The Morgan fingerprint density at radius 2 is 0.984 bits per heavy atom. The van der Waals surface area contributed by atoms with E-state index in [2.05, 4.69) is 67.8 Å². The molecule has 8 nitrogen and oxygen atoms in total. The number of allylic oxidation sites excluding steroid dienone is 8. The van der Waals surface area contributed by atoms with Crippen molar-refractivity contribution in [1.29, 1.82) is 0 Å². The number of amides is 1. The molecule has 364 valence electrons. The van der Waals surface area contributed by atoms with Gasteiger partial charge in [0.1, 0.15) is 13.2 Å². The number of quaternary nitrogens is 1. The molecule has 0 rings (SSSR count). The molecule has 2 N–H and O–H groups in total. The highest BCUT2D eigenvalue weighted by atomic mass is 31.2. The summed E-state index contributed by atoms with van der Waals surface area (Å²) in [6.07, 6.45) is 56.9. The second-order valence-corrected chi connectivity index (χ2v) is 20.3. The lowest BCUT2D eigenvalue weighted by molar-refractivity contribution is -0.870. The van der Waals surface area contributed by atoms with Gasteiger partial charge in [-0.15, -0.1) is 0 Å². The van der Waals surface area contributed by atoms with Gasteiger partial charge < -0.3 is 28.8 Å². The Kier molecular flexibility index (Phi) is 43.5. The first kappa shape index (κ1) is 60.5. The first-order valence-electron chi connectivity index (χ1n) is 26.0. The Bertz CT molecular complexity index is 1150. The van der Waals surface area contributed by atoms with Crippen molar-refractivity contribution in [1.82, 2.24) is 5.32 Å². The van der Waals surface area contributed by atoms with E-state index in [0.29, 0.717) is 23.9 Å². The molecule has 0 saturated carbocycles. The number of phosphoric ester groups is 1. The summed E-state index contributed by atoms with van der Waals surface area (Å²) < 4.78 is 23.4. The molecule has 62 heavy (non-hydrogen) atoms. The number of hydrogen-bond donors (Lipinski definition) is 2. The van der Waals surface area contributed by atoms with Crippen LogP contribution in [0.15, 0.2) is 48.6 Å². The largest absolute Gasteiger partial charge is 0.756 e. The number of likely N-dealkylation sites (N-methyl/N-ethyl adjacent to an activating group) is 1. The van der Waals surface area contributed by atoms with E-state index in [0.717, 1.165) is 64.2 Å². The summed E-state index contributed by atoms with van der Waals surface area (Å²) in [5.74, 6) is -0.167. The smallest absolute Gasteiger partial charge is 0.268 e. The van der Waals surface area contributed by atoms with Crippen molar-refractivity contribution >= 4 is 13.7 Å². The fraction of sp³-hybridized carbons (Fsp3) is 0.830. The number of nitrogens with zero attached hydrogens (tertiary/aromatic N) is 1. The van der Waals surface area contributed by atoms with Crippen LogP contribution in [0.4, 0.5) is 0 Å². The van der Waals surface area contributed by atoms with Crippen LogP contribution in [-0.2, 0) is 18.4 Å². The third-order valence-electron chi connectivity index (χ3n) is 11.6. The average molecular weight is 893 g/mol. The van der Waals surface area contributed by atoms with E-state index in [-0.39, 0.29) is 19.1 Å². The topological polar surface area (TPSA) is 108 Å². The fourth-order valence-corrected chi connectivity index (χ4v) is 8.23. The summed E-state index contributed by atoms with van der Waals surface area (Å²) in [7, 11) is 1.30. The molecule has 0 aromatic rings. The van der Waals surface area contributed by atoms with Gasteiger partial charge in [-0.3, -0.25) is 9.36 Å². The van der Waals surface area contributed by atoms with Gasteiger partial charge in [-0.05, 0) is 51.4 Å². The summed E-state index contributed by atoms with van der Waals surface area (Å²) >= 11 is 0. The van der Waals surface area contributed by atoms with Gasteiger partial charge in [0.2, 0.25) is 5.91 Å². The molecule has 0 aliphatic rings. The van der Waals surface area contributed by atoms with Crippen LogP contribution in [0.25, 0.3) is 0 Å². The highest BCUT2D eigenvalue weighted by molar-refractivity contribution is 7.45. The molecule has 0 aromatic carbocycles. The summed E-state index contributed by atoms with van der Waals surface area (Å²) in [5, 5.41) is 14.0. The maximum absolute atomic E-state index is 12.9. The summed E-state index contributed by atoms with van der Waals surface area (Å²) in [6.45, 7) is 4.62. The SMILES string of the molecule is CC/C=C\C/C=C\C/C=C\C/C=C\CCCCCCCCCCCCCCC(=O)NC(COP(=O)([O-])OCC[N+](C)(C)C)C(O)CCCCCCCCCCCCCCCCC. The van der Waals surface area contributed by atoms with Gasteiger partial charge >= 0.3 is 0 Å². The second kappa shape index (κ2) is 44.7. The monoisotopic (exact) mass is 893 g/mol. The minimum Gasteiger partial charge on any atom is -0.756 e. The zero-order chi connectivity index (χ0) is 45.7. The summed E-state index contributed by atoms with van der Waals surface area (Å²) in [6, 6.07) is -0.802. The van der Waals surface area contributed by atoms with Crippen molar-refractivity contribution in [3.63, 3.8) is 0 Å². The number of unbranched alkanes of at least 4 members (excludes halogenated alkanes) is 26. The van der Waals surface area contributed by atoms with Crippen molar-refractivity contribution in [2.45, 2.75) is 244 Å². The van der Waals surface area contributed by atoms with Crippen LogP contribution in [0.5, 0.6) is 0 Å². The van der Waals surface area contributed by atoms with Gasteiger partial charge in [0, 0.05) is 6.42 Å². The zero-order valence-corrected chi connectivity index (χ0v) is 42.2. The molecule has 0 aliphatic carbocycles. The molecule has 0 fully saturated rings. The van der Waals surface area contributed by atoms with E-state index in [1.807, 2.05) is 21.1 Å². The number of carbonyl (C=O) groups excluding carboxylic acids is 1. The molecule has 0 heterocycles. The Hall–Kier alpha value is -1.54. The van der Waals surface area contributed by atoms with Crippen LogP contribution in [0.2, 0.25) is 0 Å². The van der Waals surface area contributed by atoms with E-state index < -0.39 is 20.0 Å².